The highest BCUT2D eigenvalue weighted by molar-refractivity contribution is 6.31. The molecule has 0 spiro atoms. The number of aromatic nitrogens is 2. The van der Waals surface area contributed by atoms with E-state index in [-0.39, 0.29) is 5.56 Å². The van der Waals surface area contributed by atoms with Crippen molar-refractivity contribution < 1.29 is 14.6 Å². The van der Waals surface area contributed by atoms with Gasteiger partial charge >= 0.3 is 5.97 Å². The molecular formula is C13H14ClN3O3. The van der Waals surface area contributed by atoms with Gasteiger partial charge < -0.3 is 15.2 Å². The van der Waals surface area contributed by atoms with Crippen LogP contribution in [-0.2, 0) is 11.3 Å². The van der Waals surface area contributed by atoms with Gasteiger partial charge in [-0.25, -0.2) is 4.79 Å². The van der Waals surface area contributed by atoms with Crippen molar-refractivity contribution in [1.82, 2.24) is 9.78 Å². The maximum Gasteiger partial charge on any atom is 0.337 e. The van der Waals surface area contributed by atoms with Crippen LogP contribution in [0.1, 0.15) is 10.4 Å². The molecule has 1 aromatic carbocycles. The van der Waals surface area contributed by atoms with Crippen molar-refractivity contribution in [2.24, 2.45) is 0 Å². The maximum atomic E-state index is 11.1. The highest BCUT2D eigenvalue weighted by atomic mass is 35.5. The summed E-state index contributed by atoms with van der Waals surface area (Å²) < 4.78 is 6.67. The van der Waals surface area contributed by atoms with Crippen LogP contribution < -0.4 is 5.32 Å². The molecular weight excluding hydrogens is 282 g/mol. The molecule has 0 atom stereocenters. The molecule has 0 fully saturated rings. The lowest BCUT2D eigenvalue weighted by Crippen LogP contribution is -2.04. The molecule has 1 aromatic heterocycles. The Morgan fingerprint density at radius 2 is 2.35 bits per heavy atom. The van der Waals surface area contributed by atoms with Crippen LogP contribution in [0.15, 0.2) is 30.6 Å². The molecule has 2 rings (SSSR count). The van der Waals surface area contributed by atoms with Gasteiger partial charge in [-0.2, -0.15) is 5.10 Å². The van der Waals surface area contributed by atoms with E-state index in [9.17, 15) is 4.79 Å². The van der Waals surface area contributed by atoms with Crippen molar-refractivity contribution in [1.29, 1.82) is 0 Å². The summed E-state index contributed by atoms with van der Waals surface area (Å²) in [6, 6.07) is 4.57. The fourth-order valence-corrected chi connectivity index (χ4v) is 1.87. The number of benzene rings is 1. The zero-order chi connectivity index (χ0) is 14.5. The van der Waals surface area contributed by atoms with Crippen LogP contribution in [0.4, 0.5) is 11.4 Å². The monoisotopic (exact) mass is 295 g/mol. The average Bonchev–Trinajstić information content (AvgIpc) is 2.83. The van der Waals surface area contributed by atoms with Crippen molar-refractivity contribution in [3.63, 3.8) is 0 Å². The average molecular weight is 296 g/mol. The predicted molar refractivity (Wildman–Crippen MR) is 75.8 cm³/mol. The number of halogens is 1. The lowest BCUT2D eigenvalue weighted by atomic mass is 10.2. The minimum Gasteiger partial charge on any atom is -0.478 e. The number of nitrogens with zero attached hydrogens (tertiary/aromatic N) is 2. The van der Waals surface area contributed by atoms with Crippen molar-refractivity contribution in [2.45, 2.75) is 6.54 Å². The van der Waals surface area contributed by atoms with Crippen molar-refractivity contribution >= 4 is 28.9 Å². The largest absolute Gasteiger partial charge is 0.478 e. The number of hydrogen-bond acceptors (Lipinski definition) is 4. The summed E-state index contributed by atoms with van der Waals surface area (Å²) in [4.78, 5) is 11.1. The number of ether oxygens (including phenoxy) is 1. The van der Waals surface area contributed by atoms with Gasteiger partial charge in [0.25, 0.3) is 0 Å². The molecule has 0 aliphatic carbocycles. The van der Waals surface area contributed by atoms with E-state index in [1.54, 1.807) is 30.3 Å². The number of carboxylic acids is 1. The van der Waals surface area contributed by atoms with Crippen LogP contribution >= 0.6 is 11.6 Å². The number of carboxylic acid groups (broad SMARTS) is 1. The second kappa shape index (κ2) is 6.40. The lowest BCUT2D eigenvalue weighted by molar-refractivity contribution is 0.0698. The fraction of sp³-hybridized carbons (Fsp3) is 0.231. The molecule has 0 radical (unpaired) electrons. The molecule has 0 amide bonds. The minimum absolute atomic E-state index is 0.152. The second-order valence-corrected chi connectivity index (χ2v) is 4.54. The Kier molecular flexibility index (Phi) is 4.60. The number of rotatable bonds is 6. The van der Waals surface area contributed by atoms with E-state index < -0.39 is 5.97 Å². The Hall–Kier alpha value is -2.05. The molecule has 0 saturated heterocycles. The smallest absolute Gasteiger partial charge is 0.337 e. The standard InChI is InChI=1S/C13H14ClN3O3/c1-20-5-4-17-8-10(7-15-17)16-12-6-9(14)2-3-11(12)13(18)19/h2-3,6-8,16H,4-5H2,1H3,(H,18,19). The molecule has 20 heavy (non-hydrogen) atoms. The van der Waals surface area contributed by atoms with Crippen LogP contribution in [0.3, 0.4) is 0 Å². The van der Waals surface area contributed by atoms with Crippen LogP contribution in [0.2, 0.25) is 5.02 Å². The lowest BCUT2D eigenvalue weighted by Gasteiger charge is -2.08. The topological polar surface area (TPSA) is 76.4 Å². The quantitative estimate of drug-likeness (QED) is 0.857. The number of anilines is 2. The predicted octanol–water partition coefficient (Wildman–Crippen LogP) is 2.62. The molecule has 2 aromatic rings. The summed E-state index contributed by atoms with van der Waals surface area (Å²) in [7, 11) is 1.62. The van der Waals surface area contributed by atoms with E-state index in [4.69, 9.17) is 21.4 Å². The van der Waals surface area contributed by atoms with Gasteiger partial charge in [0, 0.05) is 18.3 Å². The summed E-state index contributed by atoms with van der Waals surface area (Å²) >= 11 is 5.89. The third-order valence-corrected chi connectivity index (χ3v) is 2.88. The van der Waals surface area contributed by atoms with E-state index in [0.717, 1.165) is 0 Å². The summed E-state index contributed by atoms with van der Waals surface area (Å²) in [6.07, 6.45) is 3.38. The van der Waals surface area contributed by atoms with Crippen molar-refractivity contribution in [3.8, 4) is 0 Å². The zero-order valence-corrected chi connectivity index (χ0v) is 11.6. The summed E-state index contributed by atoms with van der Waals surface area (Å²) in [6.45, 7) is 1.18. The third kappa shape index (κ3) is 3.49. The molecule has 0 aliphatic heterocycles. The first-order chi connectivity index (χ1) is 9.60. The number of nitrogens with one attached hydrogen (secondary N) is 1. The summed E-state index contributed by atoms with van der Waals surface area (Å²) in [5, 5.41) is 16.7. The molecule has 0 unspecified atom stereocenters. The molecule has 6 nitrogen and oxygen atoms in total. The summed E-state index contributed by atoms with van der Waals surface area (Å²) in [5.41, 5.74) is 1.27. The first kappa shape index (κ1) is 14.4. The number of hydrogen-bond donors (Lipinski definition) is 2. The molecule has 0 saturated carbocycles. The van der Waals surface area contributed by atoms with E-state index in [0.29, 0.717) is 29.5 Å². The Labute approximate surface area is 120 Å². The highest BCUT2D eigenvalue weighted by Crippen LogP contribution is 2.24. The van der Waals surface area contributed by atoms with E-state index in [2.05, 4.69) is 10.4 Å². The van der Waals surface area contributed by atoms with Gasteiger partial charge in [-0.3, -0.25) is 4.68 Å². The molecule has 1 heterocycles. The van der Waals surface area contributed by atoms with Crippen LogP contribution in [0.5, 0.6) is 0 Å². The van der Waals surface area contributed by atoms with Gasteiger partial charge in [0.15, 0.2) is 0 Å². The van der Waals surface area contributed by atoms with E-state index in [1.165, 1.54) is 12.1 Å². The maximum absolute atomic E-state index is 11.1. The SMILES string of the molecule is COCCn1cc(Nc2cc(Cl)ccc2C(=O)O)cn1. The van der Waals surface area contributed by atoms with E-state index >= 15 is 0 Å². The van der Waals surface area contributed by atoms with Gasteiger partial charge in [0.1, 0.15) is 0 Å². The molecule has 2 N–H and O–H groups in total. The second-order valence-electron chi connectivity index (χ2n) is 4.10. The third-order valence-electron chi connectivity index (χ3n) is 2.65. The first-order valence-corrected chi connectivity index (χ1v) is 6.29. The van der Waals surface area contributed by atoms with Gasteiger partial charge in [0.2, 0.25) is 0 Å². The van der Waals surface area contributed by atoms with Gasteiger partial charge in [-0.15, -0.1) is 0 Å². The summed E-state index contributed by atoms with van der Waals surface area (Å²) in [5.74, 6) is -1.02. The van der Waals surface area contributed by atoms with Gasteiger partial charge in [0.05, 0.1) is 36.3 Å². The van der Waals surface area contributed by atoms with Crippen molar-refractivity contribution in [3.05, 3.63) is 41.2 Å². The van der Waals surface area contributed by atoms with Crippen LogP contribution in [0.25, 0.3) is 0 Å². The Morgan fingerprint density at radius 3 is 3.05 bits per heavy atom. The normalized spacial score (nSPS) is 10.5. The first-order valence-electron chi connectivity index (χ1n) is 5.91. The fourth-order valence-electron chi connectivity index (χ4n) is 1.70. The Balaban J connectivity index is 2.19. The van der Waals surface area contributed by atoms with Crippen LogP contribution in [0, 0.1) is 0 Å². The minimum atomic E-state index is -1.02. The zero-order valence-electron chi connectivity index (χ0n) is 10.8. The van der Waals surface area contributed by atoms with Gasteiger partial charge in [-0.1, -0.05) is 11.6 Å². The molecule has 0 bridgehead atoms. The van der Waals surface area contributed by atoms with Gasteiger partial charge in [-0.05, 0) is 18.2 Å². The number of carbonyl (C=O) groups is 1. The van der Waals surface area contributed by atoms with Crippen LogP contribution in [-0.4, -0.2) is 34.6 Å². The Morgan fingerprint density at radius 1 is 1.55 bits per heavy atom. The molecule has 7 heteroatoms. The molecule has 0 aliphatic rings. The Bertz CT molecular complexity index is 613. The number of methoxy groups -OCH3 is 1. The number of aromatic carboxylic acids is 1. The van der Waals surface area contributed by atoms with E-state index in [1.807, 2.05) is 0 Å². The highest BCUT2D eigenvalue weighted by Gasteiger charge is 2.11. The van der Waals surface area contributed by atoms with Crippen molar-refractivity contribution in [2.75, 3.05) is 19.0 Å². The molecule has 106 valence electrons.